The van der Waals surface area contributed by atoms with E-state index in [0.29, 0.717) is 19.5 Å². The zero-order valence-corrected chi connectivity index (χ0v) is 14.7. The molecule has 1 aliphatic rings. The van der Waals surface area contributed by atoms with Gasteiger partial charge in [0.05, 0.1) is 6.54 Å². The lowest BCUT2D eigenvalue weighted by Gasteiger charge is -2.27. The second-order valence-electron chi connectivity index (χ2n) is 5.10. The van der Waals surface area contributed by atoms with Gasteiger partial charge in [-0.3, -0.25) is 9.59 Å². The average molecular weight is 338 g/mol. The number of nitrogens with one attached hydrogen (secondary N) is 2. The van der Waals surface area contributed by atoms with Crippen LogP contribution in [0.25, 0.3) is 0 Å². The van der Waals surface area contributed by atoms with Crippen molar-refractivity contribution >= 4 is 36.0 Å². The van der Waals surface area contributed by atoms with E-state index in [1.807, 2.05) is 25.6 Å². The lowest BCUT2D eigenvalue weighted by Crippen LogP contribution is -2.45. The van der Waals surface area contributed by atoms with Crippen molar-refractivity contribution in [3.05, 3.63) is 0 Å². The van der Waals surface area contributed by atoms with Crippen LogP contribution in [0, 0.1) is 0 Å². The predicted octanol–water partition coefficient (Wildman–Crippen LogP) is 1.27. The number of amides is 2. The maximum atomic E-state index is 12.3. The van der Waals surface area contributed by atoms with Gasteiger partial charge in [-0.1, -0.05) is 13.8 Å². The zero-order chi connectivity index (χ0) is 14.8. The summed E-state index contributed by atoms with van der Waals surface area (Å²) >= 11 is 1.88. The van der Waals surface area contributed by atoms with Crippen LogP contribution in [0.15, 0.2) is 0 Å². The average Bonchev–Trinajstić information content (AvgIpc) is 2.45. The fourth-order valence-electron chi connectivity index (χ4n) is 2.15. The zero-order valence-electron chi connectivity index (χ0n) is 13.0. The van der Waals surface area contributed by atoms with Crippen molar-refractivity contribution in [3.8, 4) is 0 Å². The van der Waals surface area contributed by atoms with Crippen LogP contribution < -0.4 is 10.6 Å². The van der Waals surface area contributed by atoms with Crippen LogP contribution in [-0.2, 0) is 9.59 Å². The standard InChI is InChI=1S/C14H27N3O2S.ClH/c1-3-5-16-13(18)10-17(7-4-2)14(19)9-12-11-20-8-6-15-12;/h12,15H,3-11H2,1-2H3,(H,16,18);1H. The summed E-state index contributed by atoms with van der Waals surface area (Å²) in [5, 5.41) is 6.19. The van der Waals surface area contributed by atoms with Crippen molar-refractivity contribution in [2.24, 2.45) is 0 Å². The van der Waals surface area contributed by atoms with Crippen LogP contribution in [0.1, 0.15) is 33.1 Å². The molecule has 0 aromatic rings. The molecule has 0 spiro atoms. The van der Waals surface area contributed by atoms with Gasteiger partial charge in [-0.2, -0.15) is 11.8 Å². The molecule has 1 atom stereocenters. The molecule has 2 N–H and O–H groups in total. The van der Waals surface area contributed by atoms with E-state index in [-0.39, 0.29) is 36.8 Å². The third kappa shape index (κ3) is 8.53. The van der Waals surface area contributed by atoms with Crippen LogP contribution in [0.2, 0.25) is 0 Å². The lowest BCUT2D eigenvalue weighted by molar-refractivity contribution is -0.136. The van der Waals surface area contributed by atoms with Gasteiger partial charge in [0.2, 0.25) is 11.8 Å². The molecular formula is C14H28ClN3O2S. The van der Waals surface area contributed by atoms with Crippen LogP contribution >= 0.6 is 24.2 Å². The quantitative estimate of drug-likeness (QED) is 0.700. The third-order valence-electron chi connectivity index (χ3n) is 3.17. The molecule has 0 radical (unpaired) electrons. The molecular weight excluding hydrogens is 310 g/mol. The molecule has 7 heteroatoms. The van der Waals surface area contributed by atoms with E-state index in [9.17, 15) is 9.59 Å². The van der Waals surface area contributed by atoms with Gasteiger partial charge in [-0.05, 0) is 12.8 Å². The molecule has 5 nitrogen and oxygen atoms in total. The van der Waals surface area contributed by atoms with Gasteiger partial charge in [-0.25, -0.2) is 0 Å². The summed E-state index contributed by atoms with van der Waals surface area (Å²) in [6.07, 6.45) is 2.28. The molecule has 1 aliphatic heterocycles. The Hall–Kier alpha value is -0.460. The van der Waals surface area contributed by atoms with Crippen molar-refractivity contribution in [1.82, 2.24) is 15.5 Å². The van der Waals surface area contributed by atoms with Gasteiger partial charge >= 0.3 is 0 Å². The first-order valence-corrected chi connectivity index (χ1v) is 8.68. The van der Waals surface area contributed by atoms with Crippen LogP contribution in [-0.4, -0.2) is 60.4 Å². The molecule has 1 heterocycles. The van der Waals surface area contributed by atoms with E-state index in [4.69, 9.17) is 0 Å². The Bertz CT molecular complexity index is 313. The van der Waals surface area contributed by atoms with Crippen molar-refractivity contribution in [2.45, 2.75) is 39.2 Å². The Morgan fingerprint density at radius 3 is 2.67 bits per heavy atom. The molecule has 0 bridgehead atoms. The Morgan fingerprint density at radius 1 is 1.33 bits per heavy atom. The van der Waals surface area contributed by atoms with Crippen molar-refractivity contribution in [2.75, 3.05) is 37.7 Å². The maximum absolute atomic E-state index is 12.3. The predicted molar refractivity (Wildman–Crippen MR) is 91.2 cm³/mol. The molecule has 124 valence electrons. The number of nitrogens with zero attached hydrogens (tertiary/aromatic N) is 1. The van der Waals surface area contributed by atoms with Crippen molar-refractivity contribution in [1.29, 1.82) is 0 Å². The molecule has 21 heavy (non-hydrogen) atoms. The van der Waals surface area contributed by atoms with Gasteiger partial charge in [0.25, 0.3) is 0 Å². The number of carbonyl (C=O) groups excluding carboxylic acids is 2. The summed E-state index contributed by atoms with van der Waals surface area (Å²) < 4.78 is 0. The van der Waals surface area contributed by atoms with Gasteiger partial charge in [-0.15, -0.1) is 12.4 Å². The summed E-state index contributed by atoms with van der Waals surface area (Å²) in [6.45, 7) is 6.52. The lowest BCUT2D eigenvalue weighted by atomic mass is 10.2. The van der Waals surface area contributed by atoms with Gasteiger partial charge in [0.15, 0.2) is 0 Å². The van der Waals surface area contributed by atoms with Crippen LogP contribution in [0.4, 0.5) is 0 Å². The molecule has 0 aliphatic carbocycles. The summed E-state index contributed by atoms with van der Waals surface area (Å²) in [5.41, 5.74) is 0. The number of hydrogen-bond donors (Lipinski definition) is 2. The largest absolute Gasteiger partial charge is 0.355 e. The second-order valence-corrected chi connectivity index (χ2v) is 6.25. The summed E-state index contributed by atoms with van der Waals surface area (Å²) in [4.78, 5) is 25.8. The number of rotatable bonds is 8. The van der Waals surface area contributed by atoms with Crippen molar-refractivity contribution in [3.63, 3.8) is 0 Å². The highest BCUT2D eigenvalue weighted by molar-refractivity contribution is 7.99. The Kier molecular flexibility index (Phi) is 11.9. The first-order valence-electron chi connectivity index (χ1n) is 7.53. The molecule has 1 saturated heterocycles. The highest BCUT2D eigenvalue weighted by atomic mass is 35.5. The molecule has 1 rings (SSSR count). The Balaban J connectivity index is 0.00000400. The molecule has 0 aromatic heterocycles. The minimum atomic E-state index is -0.0559. The molecule has 0 saturated carbocycles. The normalized spacial score (nSPS) is 17.7. The number of halogens is 1. The molecule has 0 aromatic carbocycles. The fraction of sp³-hybridized carbons (Fsp3) is 0.857. The monoisotopic (exact) mass is 337 g/mol. The summed E-state index contributed by atoms with van der Waals surface area (Å²) in [5.74, 6) is 2.12. The molecule has 2 amide bonds. The van der Waals surface area contributed by atoms with Gasteiger partial charge < -0.3 is 15.5 Å². The fourth-order valence-corrected chi connectivity index (χ4v) is 3.10. The van der Waals surface area contributed by atoms with Crippen LogP contribution in [0.3, 0.4) is 0 Å². The minimum absolute atomic E-state index is 0. The first-order chi connectivity index (χ1) is 9.67. The summed E-state index contributed by atoms with van der Waals surface area (Å²) in [6, 6.07) is 0.249. The smallest absolute Gasteiger partial charge is 0.239 e. The van der Waals surface area contributed by atoms with E-state index in [1.165, 1.54) is 0 Å². The van der Waals surface area contributed by atoms with E-state index in [0.717, 1.165) is 30.9 Å². The van der Waals surface area contributed by atoms with Crippen LogP contribution in [0.5, 0.6) is 0 Å². The van der Waals surface area contributed by atoms with E-state index < -0.39 is 0 Å². The Morgan fingerprint density at radius 2 is 2.10 bits per heavy atom. The highest BCUT2D eigenvalue weighted by Crippen LogP contribution is 2.11. The van der Waals surface area contributed by atoms with E-state index in [1.54, 1.807) is 4.90 Å². The molecule has 1 fully saturated rings. The maximum Gasteiger partial charge on any atom is 0.239 e. The molecule has 1 unspecified atom stereocenters. The van der Waals surface area contributed by atoms with Gasteiger partial charge in [0.1, 0.15) is 0 Å². The SMILES string of the molecule is CCCNC(=O)CN(CCC)C(=O)CC1CSCCN1.Cl. The highest BCUT2D eigenvalue weighted by Gasteiger charge is 2.21. The second kappa shape index (κ2) is 12.1. The minimum Gasteiger partial charge on any atom is -0.355 e. The third-order valence-corrected chi connectivity index (χ3v) is 4.30. The van der Waals surface area contributed by atoms with Gasteiger partial charge in [0, 0.05) is 43.6 Å². The van der Waals surface area contributed by atoms with E-state index >= 15 is 0 Å². The van der Waals surface area contributed by atoms with Crippen molar-refractivity contribution < 1.29 is 9.59 Å². The Labute approximate surface area is 138 Å². The van der Waals surface area contributed by atoms with E-state index in [2.05, 4.69) is 10.6 Å². The summed E-state index contributed by atoms with van der Waals surface area (Å²) in [7, 11) is 0. The topological polar surface area (TPSA) is 61.4 Å². The number of carbonyl (C=O) groups is 2. The number of hydrogen-bond acceptors (Lipinski definition) is 4. The first kappa shape index (κ1) is 20.5. The number of thioether (sulfide) groups is 1.